The molecule has 0 saturated heterocycles. The number of hydrogen-bond donors (Lipinski definition) is 2. The first kappa shape index (κ1) is 17.4. The lowest BCUT2D eigenvalue weighted by molar-refractivity contribution is 0.171. The normalized spacial score (nSPS) is 12.5. The van der Waals surface area contributed by atoms with Gasteiger partial charge in [-0.3, -0.25) is 0 Å². The van der Waals surface area contributed by atoms with Gasteiger partial charge in [0.1, 0.15) is 13.2 Å². The van der Waals surface area contributed by atoms with E-state index in [1.807, 2.05) is 42.5 Å². The Morgan fingerprint density at radius 3 is 2.40 bits per heavy atom. The Morgan fingerprint density at radius 1 is 0.960 bits per heavy atom. The molecule has 1 aliphatic heterocycles. The van der Waals surface area contributed by atoms with E-state index in [1.165, 1.54) is 5.56 Å². The molecule has 1 heterocycles. The molecule has 6 heteroatoms. The summed E-state index contributed by atoms with van der Waals surface area (Å²) >= 11 is 6.21. The smallest absolute Gasteiger partial charge is 0.314 e. The Labute approximate surface area is 152 Å². The highest BCUT2D eigenvalue weighted by Gasteiger charge is 2.16. The van der Waals surface area contributed by atoms with E-state index >= 15 is 0 Å². The molecule has 0 aliphatic carbocycles. The van der Waals surface area contributed by atoms with Crippen LogP contribution in [0.25, 0.3) is 0 Å². The highest BCUT2D eigenvalue weighted by molar-refractivity contribution is 6.32. The third-order valence-corrected chi connectivity index (χ3v) is 4.18. The van der Waals surface area contributed by atoms with Gasteiger partial charge in [-0.15, -0.1) is 0 Å². The van der Waals surface area contributed by atoms with Crippen molar-refractivity contribution in [1.82, 2.24) is 10.6 Å². The highest BCUT2D eigenvalue weighted by atomic mass is 35.5. The molecule has 132 valence electrons. The van der Waals surface area contributed by atoms with Crippen LogP contribution in [0.3, 0.4) is 0 Å². The van der Waals surface area contributed by atoms with Crippen LogP contribution in [0.5, 0.6) is 11.5 Å². The quantitative estimate of drug-likeness (QED) is 0.831. The maximum Gasteiger partial charge on any atom is 0.314 e. The van der Waals surface area contributed by atoms with Crippen molar-refractivity contribution in [3.8, 4) is 11.5 Å². The topological polar surface area (TPSA) is 59.6 Å². The van der Waals surface area contributed by atoms with Crippen LogP contribution in [-0.4, -0.2) is 32.3 Å². The Hall–Kier alpha value is -2.40. The number of amides is 2. The molecular weight excluding hydrogens is 340 g/mol. The number of ether oxygens (including phenoxy) is 2. The number of nitrogens with one attached hydrogen (secondary N) is 2. The number of halogens is 1. The highest BCUT2D eigenvalue weighted by Crippen LogP contribution is 2.38. The molecule has 0 bridgehead atoms. The van der Waals surface area contributed by atoms with Crippen molar-refractivity contribution in [3.63, 3.8) is 0 Å². The average Bonchev–Trinajstić information content (AvgIpc) is 2.63. The van der Waals surface area contributed by atoms with Crippen molar-refractivity contribution in [2.45, 2.75) is 12.8 Å². The van der Waals surface area contributed by atoms with E-state index in [4.69, 9.17) is 21.1 Å². The van der Waals surface area contributed by atoms with Crippen LogP contribution in [0.2, 0.25) is 5.02 Å². The van der Waals surface area contributed by atoms with Gasteiger partial charge in [0, 0.05) is 13.1 Å². The van der Waals surface area contributed by atoms with Crippen molar-refractivity contribution in [2.24, 2.45) is 0 Å². The van der Waals surface area contributed by atoms with Crippen LogP contribution < -0.4 is 20.1 Å². The lowest BCUT2D eigenvalue weighted by atomic mass is 10.1. The predicted molar refractivity (Wildman–Crippen MR) is 97.7 cm³/mol. The summed E-state index contributed by atoms with van der Waals surface area (Å²) in [5.74, 6) is 1.27. The van der Waals surface area contributed by atoms with Gasteiger partial charge in [-0.25, -0.2) is 4.79 Å². The van der Waals surface area contributed by atoms with Gasteiger partial charge in [0.25, 0.3) is 0 Å². The zero-order valence-corrected chi connectivity index (χ0v) is 14.6. The van der Waals surface area contributed by atoms with Crippen molar-refractivity contribution in [1.29, 1.82) is 0 Å². The summed E-state index contributed by atoms with van der Waals surface area (Å²) in [7, 11) is 0. The first-order valence-corrected chi connectivity index (χ1v) is 8.74. The predicted octanol–water partition coefficient (Wildman–Crippen LogP) is 3.20. The first-order valence-electron chi connectivity index (χ1n) is 8.36. The number of hydrogen-bond acceptors (Lipinski definition) is 3. The number of benzene rings is 2. The number of carbonyl (C=O) groups excluding carboxylic acids is 1. The molecule has 2 N–H and O–H groups in total. The maximum atomic E-state index is 11.8. The largest absolute Gasteiger partial charge is 0.486 e. The first-order chi connectivity index (χ1) is 12.2. The summed E-state index contributed by atoms with van der Waals surface area (Å²) in [6.45, 7) is 2.16. The molecule has 3 rings (SSSR count). The Bertz CT molecular complexity index is 722. The van der Waals surface area contributed by atoms with Gasteiger partial charge in [-0.2, -0.15) is 0 Å². The van der Waals surface area contributed by atoms with Crippen LogP contribution in [0.1, 0.15) is 11.1 Å². The van der Waals surface area contributed by atoms with Gasteiger partial charge in [0.05, 0.1) is 5.02 Å². The molecule has 2 aromatic carbocycles. The monoisotopic (exact) mass is 360 g/mol. The second-order valence-electron chi connectivity index (χ2n) is 5.77. The number of rotatable bonds is 6. The van der Waals surface area contributed by atoms with Crippen molar-refractivity contribution < 1.29 is 14.3 Å². The summed E-state index contributed by atoms with van der Waals surface area (Å²) in [5, 5.41) is 6.25. The van der Waals surface area contributed by atoms with Crippen LogP contribution >= 0.6 is 11.6 Å². The van der Waals surface area contributed by atoms with E-state index in [2.05, 4.69) is 10.6 Å². The molecular formula is C19H21ClN2O3. The molecule has 25 heavy (non-hydrogen) atoms. The zero-order valence-electron chi connectivity index (χ0n) is 13.9. The zero-order chi connectivity index (χ0) is 17.5. The third-order valence-electron chi connectivity index (χ3n) is 3.90. The summed E-state index contributed by atoms with van der Waals surface area (Å²) in [6.07, 6.45) is 1.48. The van der Waals surface area contributed by atoms with Crippen LogP contribution in [0, 0.1) is 0 Å². The van der Waals surface area contributed by atoms with Gasteiger partial charge >= 0.3 is 6.03 Å². The molecule has 1 aliphatic rings. The molecule has 0 radical (unpaired) electrons. The summed E-state index contributed by atoms with van der Waals surface area (Å²) in [4.78, 5) is 11.8. The van der Waals surface area contributed by atoms with Crippen LogP contribution in [-0.2, 0) is 12.8 Å². The molecule has 0 atom stereocenters. The summed E-state index contributed by atoms with van der Waals surface area (Å²) < 4.78 is 11.1. The van der Waals surface area contributed by atoms with Crippen molar-refractivity contribution in [3.05, 3.63) is 58.6 Å². The number of fused-ring (bicyclic) bond motifs is 1. The molecule has 0 spiro atoms. The van der Waals surface area contributed by atoms with Crippen molar-refractivity contribution >= 4 is 17.6 Å². The molecule has 2 amide bonds. The van der Waals surface area contributed by atoms with E-state index in [0.717, 1.165) is 12.0 Å². The minimum absolute atomic E-state index is 0.167. The molecule has 2 aromatic rings. The molecule has 0 aromatic heterocycles. The fourth-order valence-electron chi connectivity index (χ4n) is 2.66. The fourth-order valence-corrected chi connectivity index (χ4v) is 2.94. The van der Waals surface area contributed by atoms with Gasteiger partial charge in [-0.05, 0) is 36.1 Å². The maximum absolute atomic E-state index is 11.8. The SMILES string of the molecule is O=C(NCCc1ccccc1)NCCc1cc(Cl)c2c(c1)OCCO2. The van der Waals surface area contributed by atoms with Crippen molar-refractivity contribution in [2.75, 3.05) is 26.3 Å². The lowest BCUT2D eigenvalue weighted by Crippen LogP contribution is -2.37. The Balaban J connectivity index is 1.40. The lowest BCUT2D eigenvalue weighted by Gasteiger charge is -2.20. The second-order valence-corrected chi connectivity index (χ2v) is 6.18. The van der Waals surface area contributed by atoms with Crippen LogP contribution in [0.4, 0.5) is 4.79 Å². The van der Waals surface area contributed by atoms with E-state index in [0.29, 0.717) is 49.2 Å². The van der Waals surface area contributed by atoms with E-state index in [1.54, 1.807) is 0 Å². The molecule has 0 fully saturated rings. The third kappa shape index (κ3) is 5.03. The molecule has 0 unspecified atom stereocenters. The number of urea groups is 1. The summed E-state index contributed by atoms with van der Waals surface area (Å²) in [5.41, 5.74) is 2.20. The standard InChI is InChI=1S/C19H21ClN2O3/c20-16-12-15(13-17-18(16)25-11-10-24-17)7-9-22-19(23)21-8-6-14-4-2-1-3-5-14/h1-5,12-13H,6-11H2,(H2,21,22,23). The van der Waals surface area contributed by atoms with Gasteiger partial charge < -0.3 is 20.1 Å². The van der Waals surface area contributed by atoms with Gasteiger partial charge in [-0.1, -0.05) is 41.9 Å². The fraction of sp³-hybridized carbons (Fsp3) is 0.316. The minimum Gasteiger partial charge on any atom is -0.486 e. The van der Waals surface area contributed by atoms with E-state index < -0.39 is 0 Å². The molecule has 5 nitrogen and oxygen atoms in total. The van der Waals surface area contributed by atoms with Gasteiger partial charge in [0.15, 0.2) is 11.5 Å². The second kappa shape index (κ2) is 8.62. The summed E-state index contributed by atoms with van der Waals surface area (Å²) in [6, 6.07) is 13.7. The average molecular weight is 361 g/mol. The molecule has 0 saturated carbocycles. The minimum atomic E-state index is -0.167. The van der Waals surface area contributed by atoms with Crippen LogP contribution in [0.15, 0.2) is 42.5 Å². The Morgan fingerprint density at radius 2 is 1.64 bits per heavy atom. The Kier molecular flexibility index (Phi) is 6.01. The van der Waals surface area contributed by atoms with E-state index in [9.17, 15) is 4.79 Å². The number of carbonyl (C=O) groups is 1. The van der Waals surface area contributed by atoms with E-state index in [-0.39, 0.29) is 6.03 Å². The van der Waals surface area contributed by atoms with Gasteiger partial charge in [0.2, 0.25) is 0 Å².